The molecule has 0 radical (unpaired) electrons. The Kier molecular flexibility index (Phi) is 4.18. The molecule has 5 heteroatoms. The summed E-state index contributed by atoms with van der Waals surface area (Å²) in [5, 5.41) is 11.6. The van der Waals surface area contributed by atoms with Gasteiger partial charge >= 0.3 is 5.97 Å². The van der Waals surface area contributed by atoms with E-state index in [1.807, 2.05) is 18.2 Å². The third-order valence-electron chi connectivity index (χ3n) is 1.67. The Morgan fingerprint density at radius 3 is 2.86 bits per heavy atom. The topological polar surface area (TPSA) is 49.3 Å². The van der Waals surface area contributed by atoms with Gasteiger partial charge in [-0.2, -0.15) is 0 Å². The molecule has 2 N–H and O–H groups in total. The molecule has 0 aromatic heterocycles. The number of anilines is 1. The second-order valence-corrected chi connectivity index (χ2v) is 4.93. The number of hydrogen-bond donors (Lipinski definition) is 2. The van der Waals surface area contributed by atoms with Crippen molar-refractivity contribution in [2.75, 3.05) is 5.32 Å². The van der Waals surface area contributed by atoms with Crippen LogP contribution in [-0.2, 0) is 4.79 Å². The zero-order valence-corrected chi connectivity index (χ0v) is 11.2. The number of benzene rings is 1. The van der Waals surface area contributed by atoms with E-state index in [9.17, 15) is 4.79 Å². The molecule has 1 aromatic rings. The van der Waals surface area contributed by atoms with Crippen LogP contribution in [0.15, 0.2) is 22.7 Å². The summed E-state index contributed by atoms with van der Waals surface area (Å²) in [6, 6.07) is 5.13. The van der Waals surface area contributed by atoms with Gasteiger partial charge in [-0.05, 0) is 63.6 Å². The molecule has 0 spiro atoms. The molecule has 0 fully saturated rings. The molecule has 0 bridgehead atoms. The van der Waals surface area contributed by atoms with Gasteiger partial charge in [0.15, 0.2) is 0 Å². The first kappa shape index (κ1) is 11.8. The van der Waals surface area contributed by atoms with E-state index in [2.05, 4.69) is 43.8 Å². The molecule has 3 nitrogen and oxygen atoms in total. The molecule has 0 saturated heterocycles. The van der Waals surface area contributed by atoms with E-state index in [1.54, 1.807) is 6.92 Å². The lowest BCUT2D eigenvalue weighted by atomic mass is 10.3. The van der Waals surface area contributed by atoms with Crippen LogP contribution in [0, 0.1) is 3.57 Å². The van der Waals surface area contributed by atoms with Crippen LogP contribution in [-0.4, -0.2) is 17.1 Å². The molecule has 0 amide bonds. The van der Waals surface area contributed by atoms with Gasteiger partial charge in [0.25, 0.3) is 0 Å². The number of carbonyl (C=O) groups is 1. The van der Waals surface area contributed by atoms with Crippen molar-refractivity contribution in [2.45, 2.75) is 13.0 Å². The quantitative estimate of drug-likeness (QED) is 0.805. The molecule has 0 aliphatic heterocycles. The van der Waals surface area contributed by atoms with Crippen molar-refractivity contribution in [3.05, 3.63) is 26.2 Å². The maximum Gasteiger partial charge on any atom is 0.325 e. The summed E-state index contributed by atoms with van der Waals surface area (Å²) in [6.45, 7) is 1.61. The van der Waals surface area contributed by atoms with Crippen LogP contribution in [0.25, 0.3) is 0 Å². The Morgan fingerprint density at radius 2 is 2.29 bits per heavy atom. The Balaban J connectivity index is 2.85. The average molecular weight is 370 g/mol. The summed E-state index contributed by atoms with van der Waals surface area (Å²) in [4.78, 5) is 10.6. The molecule has 0 heterocycles. The highest BCUT2D eigenvalue weighted by Gasteiger charge is 2.11. The van der Waals surface area contributed by atoms with Gasteiger partial charge in [-0.25, -0.2) is 0 Å². The molecule has 0 saturated carbocycles. The summed E-state index contributed by atoms with van der Waals surface area (Å²) < 4.78 is 1.93. The first-order valence-corrected chi connectivity index (χ1v) is 5.82. The van der Waals surface area contributed by atoms with Crippen molar-refractivity contribution in [2.24, 2.45) is 0 Å². The van der Waals surface area contributed by atoms with Crippen molar-refractivity contribution >= 4 is 50.2 Å². The fraction of sp³-hybridized carbons (Fsp3) is 0.222. The molecule has 1 atom stereocenters. The zero-order valence-electron chi connectivity index (χ0n) is 7.42. The summed E-state index contributed by atoms with van der Waals surface area (Å²) in [5.41, 5.74) is 0.798. The van der Waals surface area contributed by atoms with Gasteiger partial charge in [0.2, 0.25) is 0 Å². The number of nitrogens with one attached hydrogen (secondary N) is 1. The van der Waals surface area contributed by atoms with E-state index in [1.165, 1.54) is 0 Å². The predicted octanol–water partition coefficient (Wildman–Crippen LogP) is 2.94. The third kappa shape index (κ3) is 3.13. The van der Waals surface area contributed by atoms with Gasteiger partial charge in [-0.1, -0.05) is 0 Å². The highest BCUT2D eigenvalue weighted by Crippen LogP contribution is 2.24. The molecule has 0 aliphatic rings. The minimum Gasteiger partial charge on any atom is -0.480 e. The second kappa shape index (κ2) is 4.97. The largest absolute Gasteiger partial charge is 0.480 e. The van der Waals surface area contributed by atoms with Crippen LogP contribution in [0.1, 0.15) is 6.92 Å². The molecule has 14 heavy (non-hydrogen) atoms. The number of carboxylic acids is 1. The summed E-state index contributed by atoms with van der Waals surface area (Å²) >= 11 is 5.53. The summed E-state index contributed by atoms with van der Waals surface area (Å²) in [6.07, 6.45) is 0. The SMILES string of the molecule is CC(Nc1cc(I)ccc1Br)C(=O)O. The smallest absolute Gasteiger partial charge is 0.325 e. The standard InChI is InChI=1S/C9H9BrINO2/c1-5(9(13)14)12-8-4-6(11)2-3-7(8)10/h2-5,12H,1H3,(H,13,14). The van der Waals surface area contributed by atoms with Gasteiger partial charge in [0.1, 0.15) is 6.04 Å². The van der Waals surface area contributed by atoms with E-state index in [4.69, 9.17) is 5.11 Å². The average Bonchev–Trinajstić information content (AvgIpc) is 2.11. The number of carboxylic acid groups (broad SMARTS) is 1. The van der Waals surface area contributed by atoms with E-state index in [0.717, 1.165) is 13.7 Å². The van der Waals surface area contributed by atoms with Crippen LogP contribution in [0.5, 0.6) is 0 Å². The molecular weight excluding hydrogens is 361 g/mol. The van der Waals surface area contributed by atoms with E-state index in [-0.39, 0.29) is 0 Å². The van der Waals surface area contributed by atoms with Gasteiger partial charge in [0.05, 0.1) is 5.69 Å². The monoisotopic (exact) mass is 369 g/mol. The van der Waals surface area contributed by atoms with Gasteiger partial charge < -0.3 is 10.4 Å². The third-order valence-corrected chi connectivity index (χ3v) is 3.03. The van der Waals surface area contributed by atoms with Crippen LogP contribution >= 0.6 is 38.5 Å². The Morgan fingerprint density at radius 1 is 1.64 bits per heavy atom. The number of hydrogen-bond acceptors (Lipinski definition) is 2. The van der Waals surface area contributed by atoms with Crippen molar-refractivity contribution in [3.8, 4) is 0 Å². The Labute approximate surface area is 104 Å². The lowest BCUT2D eigenvalue weighted by Crippen LogP contribution is -2.25. The van der Waals surface area contributed by atoms with Gasteiger partial charge in [0, 0.05) is 8.04 Å². The number of rotatable bonds is 3. The van der Waals surface area contributed by atoms with Crippen LogP contribution < -0.4 is 5.32 Å². The summed E-state index contributed by atoms with van der Waals surface area (Å²) in [7, 11) is 0. The molecule has 0 aliphatic carbocycles. The van der Waals surface area contributed by atoms with Crippen molar-refractivity contribution < 1.29 is 9.90 Å². The highest BCUT2D eigenvalue weighted by atomic mass is 127. The van der Waals surface area contributed by atoms with Crippen LogP contribution in [0.2, 0.25) is 0 Å². The highest BCUT2D eigenvalue weighted by molar-refractivity contribution is 14.1. The van der Waals surface area contributed by atoms with E-state index < -0.39 is 12.0 Å². The molecule has 1 aromatic carbocycles. The van der Waals surface area contributed by atoms with Gasteiger partial charge in [-0.3, -0.25) is 4.79 Å². The lowest BCUT2D eigenvalue weighted by molar-refractivity contribution is -0.137. The van der Waals surface area contributed by atoms with Crippen molar-refractivity contribution in [1.82, 2.24) is 0 Å². The second-order valence-electron chi connectivity index (χ2n) is 2.83. The molecule has 1 unspecified atom stereocenters. The first-order chi connectivity index (χ1) is 6.50. The van der Waals surface area contributed by atoms with Crippen LogP contribution in [0.3, 0.4) is 0 Å². The molecule has 1 rings (SSSR count). The number of halogens is 2. The van der Waals surface area contributed by atoms with E-state index in [0.29, 0.717) is 0 Å². The Hall–Kier alpha value is -0.300. The van der Waals surface area contributed by atoms with Gasteiger partial charge in [-0.15, -0.1) is 0 Å². The maximum atomic E-state index is 10.6. The summed E-state index contributed by atoms with van der Waals surface area (Å²) in [5.74, 6) is -0.865. The van der Waals surface area contributed by atoms with E-state index >= 15 is 0 Å². The normalized spacial score (nSPS) is 12.2. The number of aliphatic carboxylic acids is 1. The predicted molar refractivity (Wildman–Crippen MR) is 67.6 cm³/mol. The minimum absolute atomic E-state index is 0.593. The first-order valence-electron chi connectivity index (χ1n) is 3.95. The zero-order chi connectivity index (χ0) is 10.7. The van der Waals surface area contributed by atoms with Crippen molar-refractivity contribution in [3.63, 3.8) is 0 Å². The lowest BCUT2D eigenvalue weighted by Gasteiger charge is -2.12. The molecular formula is C9H9BrINO2. The maximum absolute atomic E-state index is 10.6. The van der Waals surface area contributed by atoms with Crippen molar-refractivity contribution in [1.29, 1.82) is 0 Å². The Bertz CT molecular complexity index is 357. The van der Waals surface area contributed by atoms with Crippen LogP contribution in [0.4, 0.5) is 5.69 Å². The molecule has 76 valence electrons. The fourth-order valence-electron chi connectivity index (χ4n) is 0.903. The fourth-order valence-corrected chi connectivity index (χ4v) is 1.76. The minimum atomic E-state index is -0.865.